The second kappa shape index (κ2) is 6.53. The minimum Gasteiger partial charge on any atom is -0.381 e. The standard InChI is InChI=1S/C16H28N2O3/c1-13(10-14-4-8-20-11-14)17-15(19)18-7-9-21-16(12-18)5-2-3-6-16/h13-14H,2-12H2,1H3,(H,17,19). The molecule has 2 atom stereocenters. The maximum Gasteiger partial charge on any atom is 0.317 e. The highest BCUT2D eigenvalue weighted by Crippen LogP contribution is 2.35. The topological polar surface area (TPSA) is 50.8 Å². The minimum atomic E-state index is -0.0435. The number of hydrogen-bond acceptors (Lipinski definition) is 3. The van der Waals surface area contributed by atoms with E-state index in [1.165, 1.54) is 12.8 Å². The van der Waals surface area contributed by atoms with Crippen molar-refractivity contribution in [3.63, 3.8) is 0 Å². The van der Waals surface area contributed by atoms with Crippen molar-refractivity contribution in [1.82, 2.24) is 10.2 Å². The van der Waals surface area contributed by atoms with Gasteiger partial charge in [-0.15, -0.1) is 0 Å². The Hall–Kier alpha value is -0.810. The third-order valence-electron chi connectivity index (χ3n) is 5.13. The fraction of sp³-hybridized carbons (Fsp3) is 0.938. The largest absolute Gasteiger partial charge is 0.381 e. The van der Waals surface area contributed by atoms with Gasteiger partial charge in [0.15, 0.2) is 0 Å². The summed E-state index contributed by atoms with van der Waals surface area (Å²) in [6.45, 7) is 5.98. The van der Waals surface area contributed by atoms with E-state index < -0.39 is 0 Å². The van der Waals surface area contributed by atoms with E-state index in [2.05, 4.69) is 12.2 Å². The first kappa shape index (κ1) is 15.1. The molecule has 0 bridgehead atoms. The quantitative estimate of drug-likeness (QED) is 0.868. The van der Waals surface area contributed by atoms with Crippen LogP contribution < -0.4 is 5.32 Å². The molecular formula is C16H28N2O3. The van der Waals surface area contributed by atoms with Gasteiger partial charge in [0.2, 0.25) is 0 Å². The summed E-state index contributed by atoms with van der Waals surface area (Å²) in [5, 5.41) is 3.16. The molecule has 21 heavy (non-hydrogen) atoms. The Morgan fingerprint density at radius 2 is 2.19 bits per heavy atom. The second-order valence-electron chi connectivity index (χ2n) is 6.98. The van der Waals surface area contributed by atoms with Gasteiger partial charge in [0, 0.05) is 25.8 Å². The van der Waals surface area contributed by atoms with Crippen LogP contribution in [-0.2, 0) is 9.47 Å². The van der Waals surface area contributed by atoms with Crippen molar-refractivity contribution in [1.29, 1.82) is 0 Å². The zero-order valence-corrected chi connectivity index (χ0v) is 13.1. The Morgan fingerprint density at radius 3 is 2.90 bits per heavy atom. The number of nitrogens with zero attached hydrogens (tertiary/aromatic N) is 1. The molecule has 3 rings (SSSR count). The Morgan fingerprint density at radius 1 is 1.38 bits per heavy atom. The predicted molar refractivity (Wildman–Crippen MR) is 80.3 cm³/mol. The maximum atomic E-state index is 12.5. The Kier molecular flexibility index (Phi) is 4.69. The fourth-order valence-electron chi connectivity index (χ4n) is 3.97. The normalized spacial score (nSPS) is 29.8. The van der Waals surface area contributed by atoms with E-state index in [-0.39, 0.29) is 17.7 Å². The highest BCUT2D eigenvalue weighted by molar-refractivity contribution is 5.74. The van der Waals surface area contributed by atoms with E-state index in [4.69, 9.17) is 9.47 Å². The molecule has 2 saturated heterocycles. The number of carbonyl (C=O) groups excluding carboxylic acids is 1. The van der Waals surface area contributed by atoms with Gasteiger partial charge >= 0.3 is 6.03 Å². The molecule has 120 valence electrons. The fourth-order valence-corrected chi connectivity index (χ4v) is 3.97. The first-order chi connectivity index (χ1) is 10.2. The van der Waals surface area contributed by atoms with Crippen LogP contribution in [0.3, 0.4) is 0 Å². The molecule has 0 aromatic carbocycles. The summed E-state index contributed by atoms with van der Waals surface area (Å²) in [4.78, 5) is 14.4. The molecule has 0 aromatic heterocycles. The molecule has 1 N–H and O–H groups in total. The molecule has 1 spiro atoms. The van der Waals surface area contributed by atoms with Crippen molar-refractivity contribution in [2.45, 2.75) is 57.1 Å². The van der Waals surface area contributed by atoms with Crippen molar-refractivity contribution in [3.05, 3.63) is 0 Å². The van der Waals surface area contributed by atoms with Gasteiger partial charge in [-0.05, 0) is 38.5 Å². The number of hydrogen-bond donors (Lipinski definition) is 1. The van der Waals surface area contributed by atoms with Gasteiger partial charge in [-0.2, -0.15) is 0 Å². The predicted octanol–water partition coefficient (Wildman–Crippen LogP) is 2.16. The van der Waals surface area contributed by atoms with Crippen LogP contribution in [0.25, 0.3) is 0 Å². The molecule has 2 amide bonds. The number of morpholine rings is 1. The van der Waals surface area contributed by atoms with E-state index >= 15 is 0 Å². The molecule has 2 unspecified atom stereocenters. The summed E-state index contributed by atoms with van der Waals surface area (Å²) >= 11 is 0. The second-order valence-corrected chi connectivity index (χ2v) is 6.98. The summed E-state index contributed by atoms with van der Waals surface area (Å²) in [7, 11) is 0. The van der Waals surface area contributed by atoms with Crippen LogP contribution in [0.5, 0.6) is 0 Å². The molecule has 5 heteroatoms. The van der Waals surface area contributed by atoms with Crippen LogP contribution in [0.4, 0.5) is 4.79 Å². The molecule has 2 heterocycles. The van der Waals surface area contributed by atoms with Crippen LogP contribution in [0.15, 0.2) is 0 Å². The van der Waals surface area contributed by atoms with Crippen LogP contribution in [0.2, 0.25) is 0 Å². The van der Waals surface area contributed by atoms with Crippen LogP contribution in [0.1, 0.15) is 45.4 Å². The minimum absolute atomic E-state index is 0.0435. The molecular weight excluding hydrogens is 268 g/mol. The van der Waals surface area contributed by atoms with E-state index in [1.54, 1.807) is 0 Å². The highest BCUT2D eigenvalue weighted by Gasteiger charge is 2.40. The first-order valence-electron chi connectivity index (χ1n) is 8.44. The molecule has 3 fully saturated rings. The molecule has 2 aliphatic heterocycles. The Labute approximate surface area is 127 Å². The zero-order valence-electron chi connectivity index (χ0n) is 13.1. The number of nitrogens with one attached hydrogen (secondary N) is 1. The summed E-state index contributed by atoms with van der Waals surface area (Å²) in [5.41, 5.74) is -0.0435. The SMILES string of the molecule is CC(CC1CCOC1)NC(=O)N1CCOC2(CCCC2)C1. The van der Waals surface area contributed by atoms with Gasteiger partial charge < -0.3 is 19.7 Å². The lowest BCUT2D eigenvalue weighted by Gasteiger charge is -2.40. The van der Waals surface area contributed by atoms with Crippen molar-refractivity contribution in [2.75, 3.05) is 32.9 Å². The van der Waals surface area contributed by atoms with Gasteiger partial charge in [0.25, 0.3) is 0 Å². The number of carbonyl (C=O) groups is 1. The van der Waals surface area contributed by atoms with Gasteiger partial charge in [-0.1, -0.05) is 12.8 Å². The molecule has 1 aliphatic carbocycles. The zero-order chi connectivity index (χ0) is 14.7. The van der Waals surface area contributed by atoms with E-state index in [0.717, 1.165) is 45.4 Å². The monoisotopic (exact) mass is 296 g/mol. The third kappa shape index (κ3) is 3.69. The lowest BCUT2D eigenvalue weighted by Crippen LogP contribution is -2.56. The van der Waals surface area contributed by atoms with Crippen LogP contribution >= 0.6 is 0 Å². The summed E-state index contributed by atoms with van der Waals surface area (Å²) in [6, 6.07) is 0.294. The molecule has 0 radical (unpaired) electrons. The summed E-state index contributed by atoms with van der Waals surface area (Å²) in [6.07, 6.45) is 6.81. The van der Waals surface area contributed by atoms with Crippen LogP contribution in [-0.4, -0.2) is 55.5 Å². The maximum absolute atomic E-state index is 12.5. The Bertz CT molecular complexity index is 363. The summed E-state index contributed by atoms with van der Waals surface area (Å²) < 4.78 is 11.4. The molecule has 0 aromatic rings. The van der Waals surface area contributed by atoms with E-state index in [9.17, 15) is 4.79 Å². The Balaban J connectivity index is 1.47. The lowest BCUT2D eigenvalue weighted by molar-refractivity contribution is -0.0927. The van der Waals surface area contributed by atoms with Gasteiger partial charge in [-0.25, -0.2) is 4.79 Å². The highest BCUT2D eigenvalue weighted by atomic mass is 16.5. The number of amides is 2. The van der Waals surface area contributed by atoms with Crippen molar-refractivity contribution >= 4 is 6.03 Å². The van der Waals surface area contributed by atoms with Crippen molar-refractivity contribution in [2.24, 2.45) is 5.92 Å². The third-order valence-corrected chi connectivity index (χ3v) is 5.13. The van der Waals surface area contributed by atoms with Crippen LogP contribution in [0, 0.1) is 5.92 Å². The summed E-state index contributed by atoms with van der Waals surface area (Å²) in [5.74, 6) is 0.603. The molecule has 3 aliphatic rings. The van der Waals surface area contributed by atoms with Gasteiger partial charge in [0.1, 0.15) is 0 Å². The van der Waals surface area contributed by atoms with Crippen molar-refractivity contribution < 1.29 is 14.3 Å². The van der Waals surface area contributed by atoms with E-state index in [1.807, 2.05) is 4.90 Å². The smallest absolute Gasteiger partial charge is 0.317 e. The van der Waals surface area contributed by atoms with Gasteiger partial charge in [-0.3, -0.25) is 0 Å². The number of ether oxygens (including phenoxy) is 2. The average molecular weight is 296 g/mol. The van der Waals surface area contributed by atoms with E-state index in [0.29, 0.717) is 19.1 Å². The van der Waals surface area contributed by atoms with Crippen molar-refractivity contribution in [3.8, 4) is 0 Å². The number of urea groups is 1. The van der Waals surface area contributed by atoms with Gasteiger partial charge in [0.05, 0.1) is 18.8 Å². The molecule has 1 saturated carbocycles. The lowest BCUT2D eigenvalue weighted by atomic mass is 9.99. The first-order valence-corrected chi connectivity index (χ1v) is 8.44. The average Bonchev–Trinajstić information content (AvgIpc) is 3.11. The molecule has 5 nitrogen and oxygen atoms in total. The number of rotatable bonds is 3.